The highest BCUT2D eigenvalue weighted by Gasteiger charge is 2.26. The molecule has 1 unspecified atom stereocenters. The molecule has 0 heterocycles. The molecule has 7 heteroatoms. The Labute approximate surface area is 138 Å². The predicted molar refractivity (Wildman–Crippen MR) is 90.3 cm³/mol. The van der Waals surface area contributed by atoms with Crippen molar-refractivity contribution in [2.45, 2.75) is 45.3 Å². The minimum atomic E-state index is -0.582. The molecule has 0 aromatic carbocycles. The molecule has 6 nitrogen and oxygen atoms in total. The smallest absolute Gasteiger partial charge is 0.408 e. The molecule has 0 saturated carbocycles. The topological polar surface area (TPSA) is 67.9 Å². The Kier molecular flexibility index (Phi) is 10.3. The third-order valence-electron chi connectivity index (χ3n) is 2.82. The highest BCUT2D eigenvalue weighted by molar-refractivity contribution is 7.98. The number of carbonyl (C=O) groups is 2. The Hall–Kier alpha value is -0.950. The number of carbonyl (C=O) groups excluding carboxylic acids is 2. The van der Waals surface area contributed by atoms with Gasteiger partial charge in [0, 0.05) is 27.3 Å². The second-order valence-corrected chi connectivity index (χ2v) is 7.07. The van der Waals surface area contributed by atoms with Gasteiger partial charge in [-0.25, -0.2) is 4.79 Å². The van der Waals surface area contributed by atoms with E-state index in [0.717, 1.165) is 12.2 Å². The summed E-state index contributed by atoms with van der Waals surface area (Å²) in [6, 6.07) is -0.560. The Bertz CT molecular complexity index is 345. The van der Waals surface area contributed by atoms with E-state index in [1.807, 2.05) is 6.26 Å². The van der Waals surface area contributed by atoms with Crippen LogP contribution in [-0.4, -0.2) is 67.9 Å². The van der Waals surface area contributed by atoms with Crippen LogP contribution in [0.15, 0.2) is 0 Å². The van der Waals surface area contributed by atoms with Crippen LogP contribution in [0.3, 0.4) is 0 Å². The van der Waals surface area contributed by atoms with E-state index < -0.39 is 17.7 Å². The zero-order chi connectivity index (χ0) is 17.2. The first-order valence-electron chi connectivity index (χ1n) is 7.43. The second-order valence-electron chi connectivity index (χ2n) is 6.09. The van der Waals surface area contributed by atoms with E-state index in [1.54, 1.807) is 51.6 Å². The molecule has 130 valence electrons. The minimum absolute atomic E-state index is 0.101. The Balaban J connectivity index is 4.60. The molecule has 1 atom stereocenters. The number of nitrogens with zero attached hydrogens (tertiary/aromatic N) is 1. The zero-order valence-electron chi connectivity index (χ0n) is 14.6. The van der Waals surface area contributed by atoms with Gasteiger partial charge in [0.1, 0.15) is 11.6 Å². The Morgan fingerprint density at radius 2 is 1.95 bits per heavy atom. The van der Waals surface area contributed by atoms with E-state index in [0.29, 0.717) is 19.6 Å². The van der Waals surface area contributed by atoms with E-state index in [9.17, 15) is 9.59 Å². The third kappa shape index (κ3) is 9.89. The molecule has 2 amide bonds. The van der Waals surface area contributed by atoms with Crippen molar-refractivity contribution in [2.24, 2.45) is 0 Å². The van der Waals surface area contributed by atoms with Crippen molar-refractivity contribution in [3.63, 3.8) is 0 Å². The molecule has 0 fully saturated rings. The Morgan fingerprint density at radius 1 is 1.32 bits per heavy atom. The lowest BCUT2D eigenvalue weighted by Crippen LogP contribution is -2.49. The first-order valence-corrected chi connectivity index (χ1v) is 8.83. The summed E-state index contributed by atoms with van der Waals surface area (Å²) in [5.41, 5.74) is -0.582. The average molecular weight is 334 g/mol. The van der Waals surface area contributed by atoms with Crippen molar-refractivity contribution in [1.82, 2.24) is 10.2 Å². The number of likely N-dealkylation sites (N-methyl/N-ethyl adjacent to an activating group) is 1. The minimum Gasteiger partial charge on any atom is -0.444 e. The number of rotatable bonds is 9. The molecule has 0 aromatic rings. The van der Waals surface area contributed by atoms with Gasteiger partial charge in [-0.3, -0.25) is 4.79 Å². The summed E-state index contributed by atoms with van der Waals surface area (Å²) in [5, 5.41) is 2.68. The van der Waals surface area contributed by atoms with Crippen LogP contribution >= 0.6 is 11.8 Å². The Morgan fingerprint density at radius 3 is 2.45 bits per heavy atom. The van der Waals surface area contributed by atoms with Crippen molar-refractivity contribution >= 4 is 23.8 Å². The lowest BCUT2D eigenvalue weighted by Gasteiger charge is -2.26. The fourth-order valence-corrected chi connectivity index (χ4v) is 2.24. The van der Waals surface area contributed by atoms with E-state index in [4.69, 9.17) is 9.47 Å². The molecular weight excluding hydrogens is 304 g/mol. The van der Waals surface area contributed by atoms with Crippen LogP contribution in [-0.2, 0) is 14.3 Å². The van der Waals surface area contributed by atoms with E-state index in [2.05, 4.69) is 5.32 Å². The number of alkyl carbamates (subject to hydrolysis) is 1. The number of thioether (sulfide) groups is 1. The third-order valence-corrected chi connectivity index (χ3v) is 3.46. The van der Waals surface area contributed by atoms with Gasteiger partial charge < -0.3 is 19.7 Å². The van der Waals surface area contributed by atoms with Crippen molar-refractivity contribution < 1.29 is 19.1 Å². The SMILES string of the molecule is COCCCN(C)C(=O)C(CCSC)NC(=O)OC(C)(C)C. The predicted octanol–water partition coefficient (Wildman–Crippen LogP) is 2.13. The maximum absolute atomic E-state index is 12.4. The quantitative estimate of drug-likeness (QED) is 0.654. The number of hydrogen-bond acceptors (Lipinski definition) is 5. The highest BCUT2D eigenvalue weighted by atomic mass is 32.2. The van der Waals surface area contributed by atoms with Gasteiger partial charge in [-0.1, -0.05) is 0 Å². The first kappa shape index (κ1) is 21.0. The molecule has 0 saturated heterocycles. The number of methoxy groups -OCH3 is 1. The molecule has 0 aliphatic carbocycles. The average Bonchev–Trinajstić information content (AvgIpc) is 2.40. The summed E-state index contributed by atoms with van der Waals surface area (Å²) < 4.78 is 10.2. The first-order chi connectivity index (χ1) is 10.2. The summed E-state index contributed by atoms with van der Waals surface area (Å²) in [4.78, 5) is 26.0. The van der Waals surface area contributed by atoms with Crippen LogP contribution in [0, 0.1) is 0 Å². The monoisotopic (exact) mass is 334 g/mol. The van der Waals surface area contributed by atoms with Gasteiger partial charge in [0.15, 0.2) is 0 Å². The van der Waals surface area contributed by atoms with E-state index in [-0.39, 0.29) is 5.91 Å². The highest BCUT2D eigenvalue weighted by Crippen LogP contribution is 2.09. The van der Waals surface area contributed by atoms with E-state index in [1.165, 1.54) is 0 Å². The largest absolute Gasteiger partial charge is 0.444 e. The van der Waals surface area contributed by atoms with Gasteiger partial charge in [-0.05, 0) is 45.6 Å². The number of amides is 2. The summed E-state index contributed by atoms with van der Waals surface area (Å²) in [6.07, 6.45) is 2.75. The van der Waals surface area contributed by atoms with Crippen LogP contribution < -0.4 is 5.32 Å². The molecule has 0 aliphatic heterocycles. The molecular formula is C15H30N2O4S. The number of nitrogens with one attached hydrogen (secondary N) is 1. The van der Waals surface area contributed by atoms with Crippen molar-refractivity contribution in [3.05, 3.63) is 0 Å². The molecule has 0 rings (SSSR count). The standard InChI is InChI=1S/C15H30N2O4S/c1-15(2,3)21-14(19)16-12(8-11-22-6)13(18)17(4)9-7-10-20-5/h12H,7-11H2,1-6H3,(H,16,19). The van der Waals surface area contributed by atoms with Crippen LogP contribution in [0.4, 0.5) is 4.79 Å². The maximum atomic E-state index is 12.4. The van der Waals surface area contributed by atoms with Crippen molar-refractivity contribution in [3.8, 4) is 0 Å². The lowest BCUT2D eigenvalue weighted by atomic mass is 10.2. The van der Waals surface area contributed by atoms with Gasteiger partial charge >= 0.3 is 6.09 Å². The van der Waals surface area contributed by atoms with Gasteiger partial charge in [0.05, 0.1) is 0 Å². The number of hydrogen-bond donors (Lipinski definition) is 1. The van der Waals surface area contributed by atoms with Gasteiger partial charge in [0.25, 0.3) is 0 Å². The fourth-order valence-electron chi connectivity index (χ4n) is 1.77. The van der Waals surface area contributed by atoms with Crippen LogP contribution in [0.1, 0.15) is 33.6 Å². The lowest BCUT2D eigenvalue weighted by molar-refractivity contribution is -0.132. The molecule has 0 bridgehead atoms. The molecule has 0 radical (unpaired) electrons. The second kappa shape index (κ2) is 10.7. The van der Waals surface area contributed by atoms with Gasteiger partial charge in [-0.2, -0.15) is 11.8 Å². The number of ether oxygens (including phenoxy) is 2. The summed E-state index contributed by atoms with van der Waals surface area (Å²) in [6.45, 7) is 6.58. The fraction of sp³-hybridized carbons (Fsp3) is 0.867. The van der Waals surface area contributed by atoms with Crippen LogP contribution in [0.25, 0.3) is 0 Å². The maximum Gasteiger partial charge on any atom is 0.408 e. The molecule has 0 aliphatic rings. The van der Waals surface area contributed by atoms with Gasteiger partial charge in [-0.15, -0.1) is 0 Å². The molecule has 0 aromatic heterocycles. The van der Waals surface area contributed by atoms with Crippen molar-refractivity contribution in [2.75, 3.05) is 39.3 Å². The van der Waals surface area contributed by atoms with Crippen molar-refractivity contribution in [1.29, 1.82) is 0 Å². The molecule has 0 spiro atoms. The summed E-state index contributed by atoms with van der Waals surface area (Å²) in [7, 11) is 3.37. The molecule has 1 N–H and O–H groups in total. The van der Waals surface area contributed by atoms with Gasteiger partial charge in [0.2, 0.25) is 5.91 Å². The van der Waals surface area contributed by atoms with Crippen LogP contribution in [0.2, 0.25) is 0 Å². The van der Waals surface area contributed by atoms with Crippen LogP contribution in [0.5, 0.6) is 0 Å². The summed E-state index contributed by atoms with van der Waals surface area (Å²) >= 11 is 1.64. The zero-order valence-corrected chi connectivity index (χ0v) is 15.4. The van der Waals surface area contributed by atoms with E-state index >= 15 is 0 Å². The molecule has 22 heavy (non-hydrogen) atoms. The normalized spacial score (nSPS) is 12.6. The summed E-state index contributed by atoms with van der Waals surface area (Å²) in [5.74, 6) is 0.689.